The zero-order valence-electron chi connectivity index (χ0n) is 86.3. The highest BCUT2D eigenvalue weighted by Gasteiger charge is 2.17. The maximum Gasteiger partial charge on any atom is 0.0645 e. The third-order valence-corrected chi connectivity index (χ3v) is 19.8. The van der Waals surface area contributed by atoms with Crippen molar-refractivity contribution in [1.29, 1.82) is 0 Å². The van der Waals surface area contributed by atoms with Crippen molar-refractivity contribution in [2.75, 3.05) is 20.0 Å². The summed E-state index contributed by atoms with van der Waals surface area (Å²) in [5.74, 6) is 0. The number of nitrogens with one attached hydrogen (secondary N) is 1. The maximum atomic E-state index is 9.27. The van der Waals surface area contributed by atoms with E-state index >= 15 is 0 Å². The first-order chi connectivity index (χ1) is 67.8. The van der Waals surface area contributed by atoms with Gasteiger partial charge in [0.2, 0.25) is 0 Å². The van der Waals surface area contributed by atoms with Crippen LogP contribution in [0.4, 0.5) is 62.6 Å². The van der Waals surface area contributed by atoms with Crippen LogP contribution in [-0.4, -0.2) is 0 Å². The van der Waals surface area contributed by atoms with E-state index in [-0.39, 0.29) is 137 Å². The number of rotatable bonds is 17. The molecule has 1 N–H and O–H groups in total. The Hall–Kier alpha value is -13.7. The van der Waals surface area contributed by atoms with Gasteiger partial charge >= 0.3 is 0 Å². The van der Waals surface area contributed by atoms with Crippen LogP contribution in [0.15, 0.2) is 498 Å². The smallest absolute Gasteiger partial charge is 0.0645 e. The zero-order valence-corrected chi connectivity index (χ0v) is 67.1. The fourth-order valence-corrected chi connectivity index (χ4v) is 13.4. The Morgan fingerprint density at radius 2 is 0.402 bits per heavy atom. The standard InChI is InChI=1S/C46H34N2.C30H22BrN.C18H12Br2.C16H13N/c1-4-14-41(15-5-1)47(42-16-6-2-7-17-42)44-29-24-38(25-30-44)36-20-22-37(23-21-36)39-26-31-45(32-27-39)48(43-18-8-3-9-19-43)46-33-28-35-12-10-11-13-40(35)34-46;31-27-19-15-25(16-20-27)23-11-13-24(14-12-23)26-17-21-30(22-18-26)32(28-7-3-1-4-8-28)29-9-5-2-6-10-29;19-17-9-5-15(6-10-17)13-1-2-14(4-3-13)16-7-11-18(20)12-8-16;1-2-8-15(9-3-1)17-16-11-10-13-6-4-5-7-14(13)12-16/h1-34H;1-22H;1-12H;1-12,17H/i20D,21D,22D,23D,26D,27D,31D,32D;11D,12D,13D,14D,15D,16D,19D,20D;1D,2D,3D,4D,5D,6D,9D,10D;. The van der Waals surface area contributed by atoms with Crippen molar-refractivity contribution in [2.24, 2.45) is 0 Å². The summed E-state index contributed by atoms with van der Waals surface area (Å²) in [7, 11) is 0. The van der Waals surface area contributed by atoms with Gasteiger partial charge in [0.1, 0.15) is 0 Å². The minimum Gasteiger partial charge on any atom is -0.356 e. The molecule has 7 heteroatoms. The molecule has 0 aromatic heterocycles. The van der Waals surface area contributed by atoms with Crippen molar-refractivity contribution in [3.63, 3.8) is 0 Å². The van der Waals surface area contributed by atoms with Crippen LogP contribution in [0.25, 0.3) is 88.3 Å². The fourth-order valence-electron chi connectivity index (χ4n) is 12.8. The summed E-state index contributed by atoms with van der Waals surface area (Å²) in [6.45, 7) is 0. The lowest BCUT2D eigenvalue weighted by Gasteiger charge is -2.26. The van der Waals surface area contributed by atoms with Gasteiger partial charge in [0.25, 0.3) is 0 Å². The van der Waals surface area contributed by atoms with Gasteiger partial charge in [0.15, 0.2) is 0 Å². The molecule has 19 aromatic rings. The number of anilines is 11. The lowest BCUT2D eigenvalue weighted by molar-refractivity contribution is 1.28. The van der Waals surface area contributed by atoms with E-state index in [4.69, 9.17) is 27.4 Å². The first kappa shape index (κ1) is 53.4. The number of hydrogen-bond donors (Lipinski definition) is 1. The van der Waals surface area contributed by atoms with Gasteiger partial charge in [-0.25, -0.2) is 0 Å². The predicted octanol–water partition coefficient (Wildman–Crippen LogP) is 33.5. The molecule has 0 radical (unpaired) electrons. The highest BCUT2D eigenvalue weighted by molar-refractivity contribution is 9.11. The van der Waals surface area contributed by atoms with Gasteiger partial charge in [-0.05, 0) is 258 Å². The van der Waals surface area contributed by atoms with Crippen LogP contribution in [0.5, 0.6) is 0 Å². The quantitative estimate of drug-likeness (QED) is 0.0981. The average Bonchev–Trinajstić information content (AvgIpc) is 0.738. The Labute approximate surface area is 745 Å². The third-order valence-electron chi connectivity index (χ3n) is 18.5. The molecule has 0 aliphatic heterocycles. The highest BCUT2D eigenvalue weighted by atomic mass is 79.9. The van der Waals surface area contributed by atoms with Crippen LogP contribution in [0, 0.1) is 0 Å². The second kappa shape index (κ2) is 38.0. The first-order valence-electron chi connectivity index (χ1n) is 49.1. The molecule has 0 aliphatic rings. The number of nitrogens with zero attached hydrogens (tertiary/aromatic N) is 3. The Morgan fingerprint density at radius 3 is 0.744 bits per heavy atom. The van der Waals surface area contributed by atoms with E-state index < -0.39 is 72.5 Å². The maximum absolute atomic E-state index is 9.27. The first-order valence-corrected chi connectivity index (χ1v) is 39.5. The molecule has 0 heterocycles. The van der Waals surface area contributed by atoms with Gasteiger partial charge in [0, 0.05) is 76.0 Å². The Bertz CT molecular complexity index is 7700. The molecule has 19 rings (SSSR count). The van der Waals surface area contributed by atoms with E-state index in [1.54, 1.807) is 53.4 Å². The SMILES string of the molecule is [2H]c1c([2H])c(-c2c([2H])c([2H])c(-c3ccc(Br)cc3)c([2H])c2[2H])c([2H])c([2H])c1Br.[2H]c1c([2H])c(-c2c([2H])c([2H])c(-c3ccc(N(c4ccccc4)c4ccccc4)cc3)c([2H])c2[2H])c([2H])c([2H])c1Br.[2H]c1c([2H])c(-c2c([2H])c([2H])c(N(c3ccccc3)c3ccc4ccccc4c3)c([2H])c2[2H])c([2H])c([2H])c1-c1ccc(N(c2ccccc2)c2ccccc2)cc1.c1ccc(Nc2ccc3ccccc3c2)cc1. The summed E-state index contributed by atoms with van der Waals surface area (Å²) >= 11 is 9.38. The summed E-state index contributed by atoms with van der Waals surface area (Å²) in [6.07, 6.45) is 0. The molecule has 0 unspecified atom stereocenters. The van der Waals surface area contributed by atoms with Gasteiger partial charge in [0.05, 0.1) is 32.9 Å². The third kappa shape index (κ3) is 19.8. The zero-order chi connectivity index (χ0) is 100. The summed E-state index contributed by atoms with van der Waals surface area (Å²) in [5.41, 5.74) is 9.00. The van der Waals surface area contributed by atoms with E-state index in [9.17, 15) is 5.48 Å². The molecule has 4 nitrogen and oxygen atoms in total. The minimum atomic E-state index is -0.470. The lowest BCUT2D eigenvalue weighted by Crippen LogP contribution is -2.09. The second-order valence-electron chi connectivity index (χ2n) is 26.2. The van der Waals surface area contributed by atoms with Crippen LogP contribution in [0.3, 0.4) is 0 Å². The van der Waals surface area contributed by atoms with E-state index in [0.29, 0.717) is 28.1 Å². The van der Waals surface area contributed by atoms with Crippen molar-refractivity contribution >= 4 is 132 Å². The van der Waals surface area contributed by atoms with Crippen LogP contribution < -0.4 is 20.0 Å². The summed E-state index contributed by atoms with van der Waals surface area (Å²) < 4.78 is 208. The molecule has 0 saturated heterocycles. The van der Waals surface area contributed by atoms with Gasteiger partial charge in [-0.3, -0.25) is 0 Å². The molecular weight excluding hydrogens is 1620 g/mol. The van der Waals surface area contributed by atoms with Gasteiger partial charge in [-0.1, -0.05) is 363 Å². The van der Waals surface area contributed by atoms with E-state index in [1.807, 2.05) is 237 Å². The topological polar surface area (TPSA) is 21.8 Å². The van der Waals surface area contributed by atoms with Crippen LogP contribution in [0.2, 0.25) is 0 Å². The van der Waals surface area contributed by atoms with Gasteiger partial charge < -0.3 is 20.0 Å². The molecule has 562 valence electrons. The largest absolute Gasteiger partial charge is 0.356 e. The van der Waals surface area contributed by atoms with Crippen molar-refractivity contribution in [3.05, 3.63) is 498 Å². The predicted molar refractivity (Wildman–Crippen MR) is 510 cm³/mol. The molecule has 0 saturated carbocycles. The minimum absolute atomic E-state index is 0.00255. The van der Waals surface area contributed by atoms with Crippen LogP contribution >= 0.6 is 47.8 Å². The molecule has 19 aromatic carbocycles. The highest BCUT2D eigenvalue weighted by Crippen LogP contribution is 2.41. The summed E-state index contributed by atoms with van der Waals surface area (Å²) in [6, 6.07) is 99.0. The van der Waals surface area contributed by atoms with E-state index in [1.165, 1.54) is 10.8 Å². The number of fused-ring (bicyclic) bond motifs is 2. The van der Waals surface area contributed by atoms with Crippen molar-refractivity contribution < 1.29 is 32.9 Å². The Morgan fingerprint density at radius 1 is 0.162 bits per heavy atom. The Balaban J connectivity index is 0.000000146. The summed E-state index contributed by atoms with van der Waals surface area (Å²) in [5, 5.41) is 7.86. The molecule has 117 heavy (non-hydrogen) atoms. The number of halogens is 3. The van der Waals surface area contributed by atoms with Crippen molar-refractivity contribution in [1.82, 2.24) is 0 Å². The van der Waals surface area contributed by atoms with E-state index in [0.717, 1.165) is 60.7 Å². The van der Waals surface area contributed by atoms with Crippen molar-refractivity contribution in [2.45, 2.75) is 0 Å². The van der Waals surface area contributed by atoms with Crippen molar-refractivity contribution in [3.8, 4) is 66.8 Å². The molecule has 0 aliphatic carbocycles. The van der Waals surface area contributed by atoms with Crippen LogP contribution in [-0.2, 0) is 0 Å². The fraction of sp³-hybridized carbons (Fsp3) is 0. The summed E-state index contributed by atoms with van der Waals surface area (Å²) in [4.78, 5) is 5.82. The average molecular weight is 1720 g/mol. The molecule has 0 spiro atoms. The monoisotopic (exact) mass is 1720 g/mol. The molecule has 0 atom stereocenters. The van der Waals surface area contributed by atoms with Gasteiger partial charge in [-0.15, -0.1) is 0 Å². The number of benzene rings is 19. The normalized spacial score (nSPS) is 13.6. The second-order valence-corrected chi connectivity index (χ2v) is 28.7. The Kier molecular flexibility index (Phi) is 17.3. The molecule has 0 fully saturated rings. The molecule has 0 bridgehead atoms. The van der Waals surface area contributed by atoms with E-state index in [2.05, 4.69) is 118 Å². The molecular formula is C110H81Br3N4. The lowest BCUT2D eigenvalue weighted by atomic mass is 9.99. The number of para-hydroxylation sites is 6. The van der Waals surface area contributed by atoms with Gasteiger partial charge in [-0.2, -0.15) is 0 Å². The number of hydrogen-bond acceptors (Lipinski definition) is 4. The molecule has 0 amide bonds. The van der Waals surface area contributed by atoms with Crippen LogP contribution in [0.1, 0.15) is 32.9 Å².